The van der Waals surface area contributed by atoms with Crippen molar-refractivity contribution in [2.45, 2.75) is 30.2 Å². The normalized spacial score (nSPS) is 15.3. The Bertz CT molecular complexity index is 1060. The van der Waals surface area contributed by atoms with E-state index in [1.807, 2.05) is 70.3 Å². The highest BCUT2D eigenvalue weighted by molar-refractivity contribution is 7.98. The van der Waals surface area contributed by atoms with Crippen LogP contribution >= 0.6 is 23.1 Å². The van der Waals surface area contributed by atoms with Gasteiger partial charge >= 0.3 is 0 Å². The van der Waals surface area contributed by atoms with Crippen LogP contribution in [-0.4, -0.2) is 54.0 Å². The minimum atomic E-state index is 0.0737. The second kappa shape index (κ2) is 11.0. The fourth-order valence-corrected chi connectivity index (χ4v) is 5.91. The van der Waals surface area contributed by atoms with E-state index in [9.17, 15) is 9.59 Å². The first-order valence-corrected chi connectivity index (χ1v) is 13.5. The number of hydrogen-bond acceptors (Lipinski definition) is 4. The van der Waals surface area contributed by atoms with Gasteiger partial charge in [0.05, 0.1) is 11.1 Å². The molecule has 6 heteroatoms. The van der Waals surface area contributed by atoms with E-state index >= 15 is 0 Å². The van der Waals surface area contributed by atoms with Gasteiger partial charge in [-0.15, -0.1) is 11.8 Å². The Morgan fingerprint density at radius 2 is 1.76 bits per heavy atom. The number of likely N-dealkylation sites (tertiary alicyclic amines) is 1. The number of carbonyl (C=O) groups excluding carboxylic acids is 2. The summed E-state index contributed by atoms with van der Waals surface area (Å²) >= 11 is 3.16. The van der Waals surface area contributed by atoms with Crippen molar-refractivity contribution in [1.29, 1.82) is 0 Å². The van der Waals surface area contributed by atoms with Crippen LogP contribution in [0.5, 0.6) is 0 Å². The van der Waals surface area contributed by atoms with Crippen LogP contribution in [0.2, 0.25) is 0 Å². The lowest BCUT2D eigenvalue weighted by atomic mass is 9.84. The number of carbonyl (C=O) groups is 2. The molecule has 33 heavy (non-hydrogen) atoms. The number of thiophene rings is 1. The van der Waals surface area contributed by atoms with Gasteiger partial charge in [-0.3, -0.25) is 9.59 Å². The van der Waals surface area contributed by atoms with Crippen molar-refractivity contribution in [3.63, 3.8) is 0 Å². The number of hydrogen-bond donors (Lipinski definition) is 0. The molecule has 1 aliphatic heterocycles. The fourth-order valence-electron chi connectivity index (χ4n) is 4.69. The van der Waals surface area contributed by atoms with Gasteiger partial charge in [0.2, 0.25) is 0 Å². The van der Waals surface area contributed by atoms with Crippen LogP contribution in [0.4, 0.5) is 0 Å². The number of rotatable bonds is 7. The van der Waals surface area contributed by atoms with Crippen LogP contribution in [0.25, 0.3) is 0 Å². The van der Waals surface area contributed by atoms with E-state index in [-0.39, 0.29) is 17.9 Å². The third-order valence-corrected chi connectivity index (χ3v) is 8.06. The SMILES string of the molecule is CSc1ccccc1C(=O)N1CCC(C(Cc2ccccc2)N(C)C(=O)c2ccsc2)CC1. The van der Waals surface area contributed by atoms with Gasteiger partial charge in [0, 0.05) is 36.5 Å². The van der Waals surface area contributed by atoms with Crippen LogP contribution in [-0.2, 0) is 6.42 Å². The second-order valence-corrected chi connectivity index (χ2v) is 10.1. The van der Waals surface area contributed by atoms with Gasteiger partial charge in [-0.05, 0) is 60.6 Å². The van der Waals surface area contributed by atoms with E-state index in [2.05, 4.69) is 24.3 Å². The molecule has 0 bridgehead atoms. The minimum Gasteiger partial charge on any atom is -0.339 e. The van der Waals surface area contributed by atoms with Crippen LogP contribution in [0.3, 0.4) is 0 Å². The lowest BCUT2D eigenvalue weighted by molar-refractivity contribution is 0.0521. The predicted octanol–water partition coefficient (Wildman–Crippen LogP) is 5.71. The Kier molecular flexibility index (Phi) is 7.89. The third kappa shape index (κ3) is 5.50. The summed E-state index contributed by atoms with van der Waals surface area (Å²) in [5.41, 5.74) is 2.77. The van der Waals surface area contributed by atoms with Gasteiger partial charge < -0.3 is 9.80 Å². The molecule has 2 heterocycles. The largest absolute Gasteiger partial charge is 0.339 e. The molecule has 1 aromatic heterocycles. The van der Waals surface area contributed by atoms with Crippen molar-refractivity contribution in [3.8, 4) is 0 Å². The summed E-state index contributed by atoms with van der Waals surface area (Å²) in [7, 11) is 1.93. The molecule has 0 N–H and O–H groups in total. The fraction of sp³-hybridized carbons (Fsp3) is 0.333. The van der Waals surface area contributed by atoms with Crippen LogP contribution in [0.1, 0.15) is 39.1 Å². The van der Waals surface area contributed by atoms with Crippen LogP contribution in [0, 0.1) is 5.92 Å². The number of likely N-dealkylation sites (N-methyl/N-ethyl adjacent to an activating group) is 1. The predicted molar refractivity (Wildman–Crippen MR) is 137 cm³/mol. The highest BCUT2D eigenvalue weighted by Crippen LogP contribution is 2.29. The molecule has 3 aromatic rings. The smallest absolute Gasteiger partial charge is 0.254 e. The minimum absolute atomic E-state index is 0.0737. The van der Waals surface area contributed by atoms with Crippen molar-refractivity contribution in [2.24, 2.45) is 5.92 Å². The monoisotopic (exact) mass is 478 g/mol. The van der Waals surface area contributed by atoms with Gasteiger partial charge in [0.1, 0.15) is 0 Å². The molecule has 0 saturated carbocycles. The molecule has 1 atom stereocenters. The average molecular weight is 479 g/mol. The molecule has 1 fully saturated rings. The van der Waals surface area contributed by atoms with E-state index in [0.717, 1.165) is 48.4 Å². The second-order valence-electron chi connectivity index (χ2n) is 8.52. The van der Waals surface area contributed by atoms with Crippen LogP contribution < -0.4 is 0 Å². The Balaban J connectivity index is 1.49. The Hall–Kier alpha value is -2.57. The highest BCUT2D eigenvalue weighted by atomic mass is 32.2. The molecule has 0 radical (unpaired) electrons. The molecule has 1 saturated heterocycles. The average Bonchev–Trinajstić information content (AvgIpc) is 3.42. The summed E-state index contributed by atoms with van der Waals surface area (Å²) < 4.78 is 0. The third-order valence-electron chi connectivity index (χ3n) is 6.58. The molecule has 1 unspecified atom stereocenters. The molecular formula is C27H30N2O2S2. The van der Waals surface area contributed by atoms with Crippen molar-refractivity contribution in [2.75, 3.05) is 26.4 Å². The number of nitrogens with zero attached hydrogens (tertiary/aromatic N) is 2. The molecule has 1 aliphatic rings. The van der Waals surface area contributed by atoms with E-state index in [0.29, 0.717) is 5.92 Å². The zero-order valence-electron chi connectivity index (χ0n) is 19.1. The van der Waals surface area contributed by atoms with E-state index in [1.165, 1.54) is 5.56 Å². The van der Waals surface area contributed by atoms with Crippen molar-refractivity contribution in [3.05, 3.63) is 88.1 Å². The molecule has 2 aromatic carbocycles. The first-order valence-electron chi connectivity index (χ1n) is 11.3. The van der Waals surface area contributed by atoms with E-state index in [4.69, 9.17) is 0 Å². The van der Waals surface area contributed by atoms with Gasteiger partial charge in [0.15, 0.2) is 0 Å². The quantitative estimate of drug-likeness (QED) is 0.409. The van der Waals surface area contributed by atoms with Crippen molar-refractivity contribution in [1.82, 2.24) is 9.80 Å². The number of thioether (sulfide) groups is 1. The Morgan fingerprint density at radius 1 is 1.06 bits per heavy atom. The standard InChI is InChI=1S/C27H30N2O2S2/c1-28(26(30)22-14-17-33-19-22)24(18-20-8-4-3-5-9-20)21-12-15-29(16-13-21)27(31)23-10-6-7-11-25(23)32-2/h3-11,14,17,19,21,24H,12-13,15-16,18H2,1-2H3. The molecule has 0 spiro atoms. The molecule has 172 valence electrons. The van der Waals surface area contributed by atoms with Gasteiger partial charge in [0.25, 0.3) is 11.8 Å². The molecular weight excluding hydrogens is 448 g/mol. The maximum Gasteiger partial charge on any atom is 0.254 e. The van der Waals surface area contributed by atoms with E-state index in [1.54, 1.807) is 23.1 Å². The Morgan fingerprint density at radius 3 is 2.42 bits per heavy atom. The summed E-state index contributed by atoms with van der Waals surface area (Å²) in [5.74, 6) is 0.530. The number of benzene rings is 2. The molecule has 0 aliphatic carbocycles. The van der Waals surface area contributed by atoms with Gasteiger partial charge in [-0.2, -0.15) is 11.3 Å². The summed E-state index contributed by atoms with van der Waals surface area (Å²) in [6, 6.07) is 20.2. The van der Waals surface area contributed by atoms with Gasteiger partial charge in [-0.1, -0.05) is 42.5 Å². The summed E-state index contributed by atoms with van der Waals surface area (Å²) in [6.07, 6.45) is 4.62. The first-order chi connectivity index (χ1) is 16.1. The van der Waals surface area contributed by atoms with E-state index < -0.39 is 0 Å². The topological polar surface area (TPSA) is 40.6 Å². The molecule has 4 nitrogen and oxygen atoms in total. The van der Waals surface area contributed by atoms with Gasteiger partial charge in [-0.25, -0.2) is 0 Å². The van der Waals surface area contributed by atoms with Crippen molar-refractivity contribution >= 4 is 34.9 Å². The number of amides is 2. The molecule has 4 rings (SSSR count). The lowest BCUT2D eigenvalue weighted by Gasteiger charge is -2.40. The maximum atomic E-state index is 13.2. The van der Waals surface area contributed by atoms with Crippen LogP contribution in [0.15, 0.2) is 76.3 Å². The number of piperidine rings is 1. The zero-order valence-corrected chi connectivity index (χ0v) is 20.8. The first kappa shape index (κ1) is 23.6. The summed E-state index contributed by atoms with van der Waals surface area (Å²) in [4.78, 5) is 31.3. The highest BCUT2D eigenvalue weighted by Gasteiger charge is 2.33. The maximum absolute atomic E-state index is 13.2. The molecule has 2 amide bonds. The van der Waals surface area contributed by atoms with Crippen molar-refractivity contribution < 1.29 is 9.59 Å². The zero-order chi connectivity index (χ0) is 23.2. The lowest BCUT2D eigenvalue weighted by Crippen LogP contribution is -2.48. The summed E-state index contributed by atoms with van der Waals surface area (Å²) in [5, 5.41) is 3.87. The summed E-state index contributed by atoms with van der Waals surface area (Å²) in [6.45, 7) is 1.44. The Labute approximate surface area is 204 Å².